The summed E-state index contributed by atoms with van der Waals surface area (Å²) in [4.78, 5) is 51.2. The van der Waals surface area contributed by atoms with Gasteiger partial charge in [-0.3, -0.25) is 19.2 Å². The van der Waals surface area contributed by atoms with Crippen molar-refractivity contribution in [3.8, 4) is 5.75 Å². The SMILES string of the molecule is CC(C)[C@H](NC(=O)[C@H](Cc1ccccc1)NC(=O)COc1cc(Cl)cc(Cl)c1)C(=O)C(F)(F)C(=O)NCC(C)(C)C. The number of hydrogen-bond acceptors (Lipinski definition) is 5. The molecule has 224 valence electrons. The van der Waals surface area contributed by atoms with E-state index in [0.717, 1.165) is 0 Å². The lowest BCUT2D eigenvalue weighted by atomic mass is 9.93. The highest BCUT2D eigenvalue weighted by molar-refractivity contribution is 6.34. The lowest BCUT2D eigenvalue weighted by Gasteiger charge is -2.28. The van der Waals surface area contributed by atoms with E-state index in [2.05, 4.69) is 16.0 Å². The van der Waals surface area contributed by atoms with Gasteiger partial charge in [-0.25, -0.2) is 0 Å². The summed E-state index contributed by atoms with van der Waals surface area (Å²) >= 11 is 11.9. The van der Waals surface area contributed by atoms with Gasteiger partial charge in [-0.15, -0.1) is 0 Å². The van der Waals surface area contributed by atoms with Gasteiger partial charge < -0.3 is 20.7 Å². The van der Waals surface area contributed by atoms with E-state index in [4.69, 9.17) is 27.9 Å². The number of carbonyl (C=O) groups is 4. The van der Waals surface area contributed by atoms with Gasteiger partial charge in [0.25, 0.3) is 11.8 Å². The van der Waals surface area contributed by atoms with Gasteiger partial charge in [-0.05, 0) is 35.1 Å². The molecule has 3 amide bonds. The van der Waals surface area contributed by atoms with Crippen molar-refractivity contribution >= 4 is 46.7 Å². The molecule has 8 nitrogen and oxygen atoms in total. The van der Waals surface area contributed by atoms with Crippen molar-refractivity contribution in [3.63, 3.8) is 0 Å². The van der Waals surface area contributed by atoms with Crippen LogP contribution >= 0.6 is 23.2 Å². The summed E-state index contributed by atoms with van der Waals surface area (Å²) in [6.07, 6.45) is -0.0110. The van der Waals surface area contributed by atoms with E-state index in [1.165, 1.54) is 32.0 Å². The summed E-state index contributed by atoms with van der Waals surface area (Å²) in [7, 11) is 0. The molecular formula is C29H35Cl2F2N3O5. The van der Waals surface area contributed by atoms with E-state index in [0.29, 0.717) is 15.6 Å². The predicted molar refractivity (Wildman–Crippen MR) is 153 cm³/mol. The number of halogens is 4. The predicted octanol–water partition coefficient (Wildman–Crippen LogP) is 4.61. The number of amides is 3. The Balaban J connectivity index is 2.20. The van der Waals surface area contributed by atoms with Gasteiger partial charge in [-0.1, -0.05) is 88.2 Å². The molecule has 0 aliphatic heterocycles. The summed E-state index contributed by atoms with van der Waals surface area (Å²) in [5.74, 6) is -10.0. The third kappa shape index (κ3) is 10.9. The first-order valence-corrected chi connectivity index (χ1v) is 13.7. The lowest BCUT2D eigenvalue weighted by Crippen LogP contribution is -2.59. The van der Waals surface area contributed by atoms with Crippen molar-refractivity contribution in [3.05, 3.63) is 64.1 Å². The number of ether oxygens (including phenoxy) is 1. The van der Waals surface area contributed by atoms with Crippen LogP contribution in [-0.2, 0) is 25.6 Å². The van der Waals surface area contributed by atoms with Crippen molar-refractivity contribution in [1.29, 1.82) is 0 Å². The molecule has 2 aromatic rings. The van der Waals surface area contributed by atoms with Gasteiger partial charge in [0.05, 0.1) is 6.04 Å². The van der Waals surface area contributed by atoms with Crippen LogP contribution in [0.15, 0.2) is 48.5 Å². The zero-order valence-electron chi connectivity index (χ0n) is 23.5. The molecule has 0 aliphatic rings. The molecule has 12 heteroatoms. The molecule has 0 saturated carbocycles. The topological polar surface area (TPSA) is 114 Å². The number of benzene rings is 2. The molecule has 3 N–H and O–H groups in total. The Bertz CT molecular complexity index is 1220. The number of ketones is 1. The number of nitrogens with one attached hydrogen (secondary N) is 3. The Labute approximate surface area is 248 Å². The van der Waals surface area contributed by atoms with Crippen LogP contribution < -0.4 is 20.7 Å². The van der Waals surface area contributed by atoms with Gasteiger partial charge in [-0.2, -0.15) is 8.78 Å². The monoisotopic (exact) mass is 613 g/mol. The minimum atomic E-state index is -4.39. The maximum atomic E-state index is 14.9. The Morgan fingerprint density at radius 1 is 0.927 bits per heavy atom. The Hall–Kier alpha value is -3.24. The van der Waals surface area contributed by atoms with Gasteiger partial charge in [0.1, 0.15) is 11.8 Å². The van der Waals surface area contributed by atoms with Crippen LogP contribution in [0.4, 0.5) is 8.78 Å². The van der Waals surface area contributed by atoms with Crippen LogP contribution in [0.1, 0.15) is 40.2 Å². The highest BCUT2D eigenvalue weighted by Gasteiger charge is 2.51. The smallest absolute Gasteiger partial charge is 0.383 e. The molecule has 2 rings (SSSR count). The molecule has 0 unspecified atom stereocenters. The highest BCUT2D eigenvalue weighted by Crippen LogP contribution is 2.24. The Morgan fingerprint density at radius 3 is 2.05 bits per heavy atom. The van der Waals surface area contributed by atoms with Crippen molar-refractivity contribution in [2.24, 2.45) is 11.3 Å². The van der Waals surface area contributed by atoms with Gasteiger partial charge in [0.2, 0.25) is 11.7 Å². The van der Waals surface area contributed by atoms with Crippen molar-refractivity contribution < 1.29 is 32.7 Å². The van der Waals surface area contributed by atoms with E-state index < -0.39 is 59.5 Å². The number of Topliss-reactive ketones (excluding diaryl/α,β-unsaturated/α-hetero) is 1. The molecule has 2 aromatic carbocycles. The molecule has 0 aromatic heterocycles. The third-order valence-corrected chi connectivity index (χ3v) is 6.20. The maximum absolute atomic E-state index is 14.9. The fourth-order valence-corrected chi connectivity index (χ4v) is 4.11. The highest BCUT2D eigenvalue weighted by atomic mass is 35.5. The van der Waals surface area contributed by atoms with Gasteiger partial charge in [0, 0.05) is 23.0 Å². The second-order valence-corrected chi connectivity index (χ2v) is 12.0. The Morgan fingerprint density at radius 2 is 1.51 bits per heavy atom. The van der Waals surface area contributed by atoms with Crippen LogP contribution in [0.2, 0.25) is 10.0 Å². The van der Waals surface area contributed by atoms with Crippen LogP contribution in [-0.4, -0.2) is 54.7 Å². The van der Waals surface area contributed by atoms with Gasteiger partial charge >= 0.3 is 5.92 Å². The largest absolute Gasteiger partial charge is 0.484 e. The fraction of sp³-hybridized carbons (Fsp3) is 0.448. The molecule has 0 saturated heterocycles. The summed E-state index contributed by atoms with van der Waals surface area (Å²) in [5, 5.41) is 7.54. The van der Waals surface area contributed by atoms with E-state index >= 15 is 0 Å². The number of hydrogen-bond donors (Lipinski definition) is 3. The number of rotatable bonds is 13. The summed E-state index contributed by atoms with van der Waals surface area (Å²) in [6.45, 7) is 7.54. The normalized spacial score (nSPS) is 13.2. The molecule has 2 atom stereocenters. The molecule has 0 heterocycles. The second-order valence-electron chi connectivity index (χ2n) is 11.1. The minimum Gasteiger partial charge on any atom is -0.484 e. The van der Waals surface area contributed by atoms with Crippen molar-refractivity contribution in [2.45, 2.75) is 59.0 Å². The second kappa shape index (κ2) is 14.6. The van der Waals surface area contributed by atoms with Crippen LogP contribution in [0.25, 0.3) is 0 Å². The number of alkyl halides is 2. The maximum Gasteiger partial charge on any atom is 0.383 e. The Kier molecular flexibility index (Phi) is 12.1. The van der Waals surface area contributed by atoms with Crippen molar-refractivity contribution in [1.82, 2.24) is 16.0 Å². The summed E-state index contributed by atoms with van der Waals surface area (Å²) < 4.78 is 35.2. The van der Waals surface area contributed by atoms with Crippen LogP contribution in [0.3, 0.4) is 0 Å². The molecule has 0 radical (unpaired) electrons. The molecule has 0 spiro atoms. The molecule has 0 aliphatic carbocycles. The third-order valence-electron chi connectivity index (χ3n) is 5.76. The summed E-state index contributed by atoms with van der Waals surface area (Å²) in [5.41, 5.74) is 0.168. The minimum absolute atomic E-state index is 0.0110. The first-order valence-electron chi connectivity index (χ1n) is 12.9. The van der Waals surface area contributed by atoms with E-state index in [9.17, 15) is 28.0 Å². The zero-order valence-corrected chi connectivity index (χ0v) is 25.0. The van der Waals surface area contributed by atoms with Crippen molar-refractivity contribution in [2.75, 3.05) is 13.2 Å². The average molecular weight is 615 g/mol. The first-order chi connectivity index (χ1) is 19.0. The quantitative estimate of drug-likeness (QED) is 0.286. The van der Waals surface area contributed by atoms with Gasteiger partial charge in [0.15, 0.2) is 6.61 Å². The zero-order chi connectivity index (χ0) is 31.0. The van der Waals surface area contributed by atoms with E-state index in [-0.39, 0.29) is 18.7 Å². The van der Waals surface area contributed by atoms with Crippen LogP contribution in [0, 0.1) is 11.3 Å². The molecule has 41 heavy (non-hydrogen) atoms. The standard InChI is InChI=1S/C29H35Cl2F2N3O5/c1-17(2)24(25(38)29(32,33)27(40)34-16-28(3,4)5)36-26(39)22(11-18-9-7-6-8-10-18)35-23(37)15-41-21-13-19(30)12-20(31)14-21/h6-10,12-14,17,22,24H,11,15-16H2,1-5H3,(H,34,40)(H,35,37)(H,36,39)/t22-,24-/m0/s1. The van der Waals surface area contributed by atoms with E-state index in [1.807, 2.05) is 0 Å². The molecule has 0 bridgehead atoms. The summed E-state index contributed by atoms with van der Waals surface area (Å²) in [6, 6.07) is 10.1. The molecule has 0 fully saturated rings. The first kappa shape index (κ1) is 34.0. The van der Waals surface area contributed by atoms with E-state index in [1.54, 1.807) is 51.1 Å². The lowest BCUT2D eigenvalue weighted by molar-refractivity contribution is -0.161. The van der Waals surface area contributed by atoms with Crippen LogP contribution in [0.5, 0.6) is 5.75 Å². The molecular weight excluding hydrogens is 579 g/mol. The fourth-order valence-electron chi connectivity index (χ4n) is 3.61. The number of carbonyl (C=O) groups excluding carboxylic acids is 4. The average Bonchev–Trinajstić information content (AvgIpc) is 2.87.